The van der Waals surface area contributed by atoms with Crippen molar-refractivity contribution in [2.24, 2.45) is 5.73 Å². The molecule has 6 heteroatoms. The highest BCUT2D eigenvalue weighted by Crippen LogP contribution is 2.42. The van der Waals surface area contributed by atoms with Crippen molar-refractivity contribution in [3.8, 4) is 12.3 Å². The Labute approximate surface area is 91.5 Å². The van der Waals surface area contributed by atoms with Crippen LogP contribution in [0.3, 0.4) is 0 Å². The Kier molecular flexibility index (Phi) is 4.18. The first-order valence-electron chi connectivity index (χ1n) is 3.21. The minimum Gasteiger partial charge on any atom is -0.438 e. The fourth-order valence-corrected chi connectivity index (χ4v) is 0.927. The molecular weight excluding hydrogens is 236 g/mol. The molecule has 1 amide bonds. The summed E-state index contributed by atoms with van der Waals surface area (Å²) in [7, 11) is 0. The van der Waals surface area contributed by atoms with Crippen molar-refractivity contribution in [1.82, 2.24) is 0 Å². The summed E-state index contributed by atoms with van der Waals surface area (Å²) in [5.74, 6) is 2.23. The van der Waals surface area contributed by atoms with Crippen molar-refractivity contribution in [3.05, 3.63) is 0 Å². The van der Waals surface area contributed by atoms with E-state index >= 15 is 0 Å². The second-order valence-corrected chi connectivity index (χ2v) is 4.81. The van der Waals surface area contributed by atoms with Crippen LogP contribution >= 0.6 is 34.8 Å². The number of hydrogen-bond donors (Lipinski definition) is 1. The molecule has 0 aromatic heterocycles. The number of ether oxygens (including phenoxy) is 1. The quantitative estimate of drug-likeness (QED) is 0.598. The molecule has 3 nitrogen and oxygen atoms in total. The number of alkyl halides is 3. The Morgan fingerprint density at radius 1 is 1.62 bits per heavy atom. The van der Waals surface area contributed by atoms with Crippen molar-refractivity contribution in [2.45, 2.75) is 22.7 Å². The molecule has 74 valence electrons. The predicted molar refractivity (Wildman–Crippen MR) is 52.8 cm³/mol. The summed E-state index contributed by atoms with van der Waals surface area (Å²) < 4.78 is 2.83. The summed E-state index contributed by atoms with van der Waals surface area (Å²) in [6.07, 6.45) is 3.96. The van der Waals surface area contributed by atoms with Gasteiger partial charge in [0.05, 0.1) is 6.42 Å². The van der Waals surface area contributed by atoms with Gasteiger partial charge in [-0.05, 0) is 6.92 Å². The molecule has 0 saturated carbocycles. The maximum absolute atomic E-state index is 10.5. The van der Waals surface area contributed by atoms with Crippen LogP contribution < -0.4 is 5.73 Å². The molecule has 0 aliphatic heterocycles. The Balaban J connectivity index is 4.75. The number of halogens is 3. The van der Waals surface area contributed by atoms with Crippen LogP contribution in [-0.2, 0) is 4.74 Å². The van der Waals surface area contributed by atoms with E-state index in [1.165, 1.54) is 6.92 Å². The fourth-order valence-electron chi connectivity index (χ4n) is 0.611. The number of primary amides is 1. The van der Waals surface area contributed by atoms with E-state index in [0.717, 1.165) is 0 Å². The summed E-state index contributed by atoms with van der Waals surface area (Å²) in [5.41, 5.74) is 3.40. The number of rotatable bonds is 2. The van der Waals surface area contributed by atoms with Crippen LogP contribution in [0, 0.1) is 12.3 Å². The number of carbonyl (C=O) groups is 1. The molecule has 1 atom stereocenters. The molecule has 0 aromatic carbocycles. The van der Waals surface area contributed by atoms with Gasteiger partial charge in [0.2, 0.25) is 3.79 Å². The van der Waals surface area contributed by atoms with Crippen LogP contribution in [0.2, 0.25) is 0 Å². The third-order valence-corrected chi connectivity index (χ3v) is 2.56. The van der Waals surface area contributed by atoms with Gasteiger partial charge in [0.15, 0.2) is 5.60 Å². The predicted octanol–water partition coefficient (Wildman–Crippen LogP) is 2.23. The van der Waals surface area contributed by atoms with Gasteiger partial charge in [0.25, 0.3) is 0 Å². The summed E-state index contributed by atoms with van der Waals surface area (Å²) >= 11 is 16.7. The lowest BCUT2D eigenvalue weighted by Gasteiger charge is -2.33. The van der Waals surface area contributed by atoms with Crippen LogP contribution in [0.4, 0.5) is 4.79 Å². The molecule has 0 aliphatic rings. The van der Waals surface area contributed by atoms with Crippen molar-refractivity contribution in [1.29, 1.82) is 0 Å². The van der Waals surface area contributed by atoms with E-state index in [1.807, 2.05) is 0 Å². The van der Waals surface area contributed by atoms with Crippen LogP contribution in [0.5, 0.6) is 0 Å². The summed E-state index contributed by atoms with van der Waals surface area (Å²) in [6, 6.07) is 0. The molecule has 0 aromatic rings. The molecule has 0 heterocycles. The smallest absolute Gasteiger partial charge is 0.405 e. The van der Waals surface area contributed by atoms with Crippen LogP contribution in [0.15, 0.2) is 0 Å². The number of hydrogen-bond acceptors (Lipinski definition) is 2. The number of carbonyl (C=O) groups excluding carboxylic acids is 1. The Bertz CT molecular complexity index is 243. The lowest BCUT2D eigenvalue weighted by molar-refractivity contribution is 0.0378. The van der Waals surface area contributed by atoms with Gasteiger partial charge in [-0.1, -0.05) is 34.8 Å². The lowest BCUT2D eigenvalue weighted by atomic mass is 10.1. The minimum absolute atomic E-state index is 0.0353. The van der Waals surface area contributed by atoms with E-state index in [4.69, 9.17) is 47.0 Å². The third kappa shape index (κ3) is 3.51. The molecule has 0 unspecified atom stereocenters. The number of nitrogens with two attached hydrogens (primary N) is 1. The zero-order valence-electron chi connectivity index (χ0n) is 6.81. The highest BCUT2D eigenvalue weighted by atomic mass is 35.6. The van der Waals surface area contributed by atoms with Gasteiger partial charge >= 0.3 is 6.09 Å². The van der Waals surface area contributed by atoms with Gasteiger partial charge in [-0.2, -0.15) is 0 Å². The number of amides is 1. The monoisotopic (exact) mass is 243 g/mol. The van der Waals surface area contributed by atoms with Crippen molar-refractivity contribution in [2.75, 3.05) is 0 Å². The average molecular weight is 245 g/mol. The minimum atomic E-state index is -1.81. The summed E-state index contributed by atoms with van der Waals surface area (Å²) in [5, 5.41) is 0. The Morgan fingerprint density at radius 2 is 2.08 bits per heavy atom. The van der Waals surface area contributed by atoms with E-state index in [2.05, 4.69) is 10.7 Å². The largest absolute Gasteiger partial charge is 0.438 e. The SMILES string of the molecule is C#CC[C@](C)(OC(N)=O)C(Cl)(Cl)Cl. The van der Waals surface area contributed by atoms with Crippen molar-refractivity contribution in [3.63, 3.8) is 0 Å². The second-order valence-electron chi connectivity index (χ2n) is 2.53. The van der Waals surface area contributed by atoms with E-state index in [1.54, 1.807) is 0 Å². The van der Waals surface area contributed by atoms with Gasteiger partial charge in [0.1, 0.15) is 0 Å². The Morgan fingerprint density at radius 3 is 2.31 bits per heavy atom. The molecule has 0 rings (SSSR count). The van der Waals surface area contributed by atoms with Gasteiger partial charge in [0, 0.05) is 0 Å². The van der Waals surface area contributed by atoms with Gasteiger partial charge in [-0.15, -0.1) is 12.3 Å². The molecule has 0 fully saturated rings. The maximum Gasteiger partial charge on any atom is 0.405 e. The van der Waals surface area contributed by atoms with E-state index in [-0.39, 0.29) is 6.42 Å². The first-order chi connectivity index (χ1) is 5.73. The van der Waals surface area contributed by atoms with Crippen molar-refractivity contribution < 1.29 is 9.53 Å². The maximum atomic E-state index is 10.5. The molecule has 0 radical (unpaired) electrons. The highest BCUT2D eigenvalue weighted by Gasteiger charge is 2.47. The molecule has 0 saturated heterocycles. The Hall–Kier alpha value is -0.300. The molecule has 2 N–H and O–H groups in total. The van der Waals surface area contributed by atoms with Crippen LogP contribution in [-0.4, -0.2) is 15.5 Å². The standard InChI is InChI=1S/C7H8Cl3NO2/c1-3-4-6(2,7(8,9)10)13-5(11)12/h1H,4H2,2H3,(H2,11,12)/t6-/m0/s1. The zero-order valence-corrected chi connectivity index (χ0v) is 9.08. The molecular formula is C7H8Cl3NO2. The third-order valence-electron chi connectivity index (χ3n) is 1.36. The lowest BCUT2D eigenvalue weighted by Crippen LogP contribution is -2.45. The van der Waals surface area contributed by atoms with Crippen molar-refractivity contribution >= 4 is 40.9 Å². The van der Waals surface area contributed by atoms with Crippen LogP contribution in [0.1, 0.15) is 13.3 Å². The normalized spacial score (nSPS) is 15.6. The zero-order chi connectivity index (χ0) is 10.7. The molecule has 0 bridgehead atoms. The van der Waals surface area contributed by atoms with E-state index in [9.17, 15) is 4.79 Å². The second kappa shape index (κ2) is 4.28. The first kappa shape index (κ1) is 12.7. The van der Waals surface area contributed by atoms with E-state index < -0.39 is 15.5 Å². The fraction of sp³-hybridized carbons (Fsp3) is 0.571. The van der Waals surface area contributed by atoms with Gasteiger partial charge in [-0.3, -0.25) is 0 Å². The first-order valence-corrected chi connectivity index (χ1v) is 4.35. The summed E-state index contributed by atoms with van der Waals surface area (Å²) in [4.78, 5) is 10.5. The van der Waals surface area contributed by atoms with Gasteiger partial charge < -0.3 is 10.5 Å². The molecule has 13 heavy (non-hydrogen) atoms. The topological polar surface area (TPSA) is 52.3 Å². The number of terminal acetylenes is 1. The van der Waals surface area contributed by atoms with Gasteiger partial charge in [-0.25, -0.2) is 4.79 Å². The highest BCUT2D eigenvalue weighted by molar-refractivity contribution is 6.68. The van der Waals surface area contributed by atoms with Crippen LogP contribution in [0.25, 0.3) is 0 Å². The van der Waals surface area contributed by atoms with E-state index in [0.29, 0.717) is 0 Å². The molecule has 0 spiro atoms. The summed E-state index contributed by atoms with van der Waals surface area (Å²) in [6.45, 7) is 1.39. The molecule has 0 aliphatic carbocycles. The average Bonchev–Trinajstić information content (AvgIpc) is 1.82.